The second-order valence-electron chi connectivity index (χ2n) is 8.56. The molecule has 2 aliphatic heterocycles. The van der Waals surface area contributed by atoms with Gasteiger partial charge in [-0.3, -0.25) is 0 Å². The molecule has 0 atom stereocenters. The van der Waals surface area contributed by atoms with Crippen LogP contribution in [0.25, 0.3) is 21.9 Å². The number of fused-ring (bicyclic) bond motifs is 5. The molecule has 0 unspecified atom stereocenters. The summed E-state index contributed by atoms with van der Waals surface area (Å²) < 4.78 is 0. The van der Waals surface area contributed by atoms with Gasteiger partial charge in [-0.05, 0) is 92.7 Å². The summed E-state index contributed by atoms with van der Waals surface area (Å²) >= 11 is 3.71. The molecule has 0 radical (unpaired) electrons. The fourth-order valence-electron chi connectivity index (χ4n) is 4.85. The molecule has 2 heterocycles. The minimum absolute atomic E-state index is 0.475. The van der Waals surface area contributed by atoms with Crippen molar-refractivity contribution in [3.8, 4) is 0 Å². The number of thioether (sulfide) groups is 1. The molecule has 0 saturated carbocycles. The van der Waals surface area contributed by atoms with E-state index in [9.17, 15) is 4.91 Å². The largest absolute Gasteiger partial charge is 0.378 e. The SMILES string of the molecule is CN(C)c1ccc2c(c1)/C(=C1\CCSc3ccc4ccccc4c31)c1cc(N=O)ccc1S2. The van der Waals surface area contributed by atoms with Crippen LogP contribution in [0.15, 0.2) is 92.7 Å². The van der Waals surface area contributed by atoms with Crippen LogP contribution in [0.5, 0.6) is 0 Å². The van der Waals surface area contributed by atoms with Crippen molar-refractivity contribution in [3.05, 3.63) is 94.4 Å². The van der Waals surface area contributed by atoms with Gasteiger partial charge in [-0.1, -0.05) is 42.1 Å². The number of rotatable bonds is 2. The van der Waals surface area contributed by atoms with E-state index < -0.39 is 0 Å². The van der Waals surface area contributed by atoms with Crippen molar-refractivity contribution in [1.82, 2.24) is 0 Å². The molecular formula is C28H22N2OS2. The number of nitrogens with zero attached hydrogens (tertiary/aromatic N) is 2. The molecule has 0 fully saturated rings. The van der Waals surface area contributed by atoms with Crippen molar-refractivity contribution < 1.29 is 0 Å². The van der Waals surface area contributed by atoms with Gasteiger partial charge in [0.1, 0.15) is 5.69 Å². The Balaban J connectivity index is 1.74. The van der Waals surface area contributed by atoms with E-state index in [2.05, 4.69) is 78.8 Å². The predicted molar refractivity (Wildman–Crippen MR) is 142 cm³/mol. The summed E-state index contributed by atoms with van der Waals surface area (Å²) in [7, 11) is 4.15. The molecule has 0 amide bonds. The Bertz CT molecular complexity index is 1470. The summed E-state index contributed by atoms with van der Waals surface area (Å²) in [5, 5.41) is 5.81. The molecule has 0 bridgehead atoms. The zero-order valence-corrected chi connectivity index (χ0v) is 20.1. The van der Waals surface area contributed by atoms with Gasteiger partial charge in [-0.2, -0.15) is 0 Å². The standard InChI is InChI=1S/C28H22N2OS2/c1-30(2)19-9-12-25-23(16-19)27(22-15-18(29-31)8-11-24(22)33-25)21-13-14-32-26-10-7-17-5-3-4-6-20(17)28(21)26/h3-12,15-16H,13-14H2,1-2H3/b27-21+. The Morgan fingerprint density at radius 2 is 1.61 bits per heavy atom. The average molecular weight is 467 g/mol. The van der Waals surface area contributed by atoms with Gasteiger partial charge >= 0.3 is 0 Å². The lowest BCUT2D eigenvalue weighted by molar-refractivity contribution is 1.12. The highest BCUT2D eigenvalue weighted by atomic mass is 32.2. The molecule has 0 saturated heterocycles. The lowest BCUT2D eigenvalue weighted by Gasteiger charge is -2.30. The number of benzene rings is 4. The lowest BCUT2D eigenvalue weighted by atomic mass is 9.85. The zero-order chi connectivity index (χ0) is 22.5. The molecule has 162 valence electrons. The molecule has 2 aliphatic rings. The number of hydrogen-bond donors (Lipinski definition) is 0. The van der Waals surface area contributed by atoms with Crippen molar-refractivity contribution in [2.24, 2.45) is 5.18 Å². The maximum atomic E-state index is 11.5. The first kappa shape index (κ1) is 20.6. The average Bonchev–Trinajstić information content (AvgIpc) is 2.86. The van der Waals surface area contributed by atoms with Crippen LogP contribution in [-0.2, 0) is 0 Å². The van der Waals surface area contributed by atoms with Crippen LogP contribution in [0.3, 0.4) is 0 Å². The molecule has 0 aromatic heterocycles. The topological polar surface area (TPSA) is 32.7 Å². The number of hydrogen-bond acceptors (Lipinski definition) is 5. The van der Waals surface area contributed by atoms with Crippen LogP contribution >= 0.6 is 23.5 Å². The summed E-state index contributed by atoms with van der Waals surface area (Å²) in [4.78, 5) is 17.4. The Kier molecular flexibility index (Phi) is 5.04. The summed E-state index contributed by atoms with van der Waals surface area (Å²) in [6, 6.07) is 25.7. The van der Waals surface area contributed by atoms with Crippen molar-refractivity contribution in [1.29, 1.82) is 0 Å². The Morgan fingerprint density at radius 1 is 0.848 bits per heavy atom. The summed E-state index contributed by atoms with van der Waals surface area (Å²) in [5.41, 5.74) is 7.94. The highest BCUT2D eigenvalue weighted by Crippen LogP contribution is 2.53. The van der Waals surface area contributed by atoms with E-state index in [-0.39, 0.29) is 0 Å². The molecule has 6 rings (SSSR count). The third-order valence-electron chi connectivity index (χ3n) is 6.41. The maximum Gasteiger partial charge on any atom is 0.108 e. The van der Waals surface area contributed by atoms with E-state index in [4.69, 9.17) is 0 Å². The maximum absolute atomic E-state index is 11.5. The Morgan fingerprint density at radius 3 is 2.42 bits per heavy atom. The Hall–Kier alpha value is -3.02. The molecule has 4 aromatic rings. The summed E-state index contributed by atoms with van der Waals surface area (Å²) in [5.74, 6) is 1.04. The van der Waals surface area contributed by atoms with E-state index in [1.165, 1.54) is 53.4 Å². The summed E-state index contributed by atoms with van der Waals surface area (Å²) in [6.07, 6.45) is 0.982. The predicted octanol–water partition coefficient (Wildman–Crippen LogP) is 8.22. The molecule has 0 spiro atoms. The van der Waals surface area contributed by atoms with Gasteiger partial charge in [-0.15, -0.1) is 16.7 Å². The molecule has 4 aromatic carbocycles. The third-order valence-corrected chi connectivity index (χ3v) is 8.62. The highest BCUT2D eigenvalue weighted by Gasteiger charge is 2.28. The first-order valence-corrected chi connectivity index (χ1v) is 12.8. The van der Waals surface area contributed by atoms with Gasteiger partial charge in [0.2, 0.25) is 0 Å². The van der Waals surface area contributed by atoms with Gasteiger partial charge in [0.25, 0.3) is 0 Å². The second-order valence-corrected chi connectivity index (χ2v) is 10.8. The monoisotopic (exact) mass is 466 g/mol. The molecule has 0 N–H and O–H groups in total. The van der Waals surface area contributed by atoms with Gasteiger partial charge in [-0.25, -0.2) is 0 Å². The Labute approximate surface area is 201 Å². The number of nitroso groups, excluding NO2 is 1. The smallest absolute Gasteiger partial charge is 0.108 e. The molecule has 0 aliphatic carbocycles. The highest BCUT2D eigenvalue weighted by molar-refractivity contribution is 7.99. The van der Waals surface area contributed by atoms with Crippen molar-refractivity contribution in [2.75, 3.05) is 24.7 Å². The van der Waals surface area contributed by atoms with E-state index in [0.717, 1.165) is 17.7 Å². The van der Waals surface area contributed by atoms with Crippen molar-refractivity contribution in [2.45, 2.75) is 21.1 Å². The van der Waals surface area contributed by atoms with Crippen LogP contribution < -0.4 is 4.90 Å². The van der Waals surface area contributed by atoms with E-state index in [1.807, 2.05) is 30.0 Å². The van der Waals surface area contributed by atoms with Gasteiger partial charge in [0.15, 0.2) is 0 Å². The lowest BCUT2D eigenvalue weighted by Crippen LogP contribution is -2.11. The fourth-order valence-corrected chi connectivity index (χ4v) is 6.97. The van der Waals surface area contributed by atoms with E-state index in [1.54, 1.807) is 11.8 Å². The van der Waals surface area contributed by atoms with Crippen molar-refractivity contribution >= 4 is 56.8 Å². The third kappa shape index (κ3) is 3.38. The van der Waals surface area contributed by atoms with Crippen LogP contribution in [-0.4, -0.2) is 19.8 Å². The van der Waals surface area contributed by atoms with Gasteiger partial charge in [0, 0.05) is 40.2 Å². The summed E-state index contributed by atoms with van der Waals surface area (Å²) in [6.45, 7) is 0. The molecule has 3 nitrogen and oxygen atoms in total. The first-order chi connectivity index (χ1) is 16.1. The van der Waals surface area contributed by atoms with Crippen LogP contribution in [0, 0.1) is 4.91 Å². The minimum Gasteiger partial charge on any atom is -0.378 e. The minimum atomic E-state index is 0.475. The molecule has 33 heavy (non-hydrogen) atoms. The first-order valence-electron chi connectivity index (χ1n) is 11.0. The zero-order valence-electron chi connectivity index (χ0n) is 18.5. The molecular weight excluding hydrogens is 444 g/mol. The van der Waals surface area contributed by atoms with Crippen LogP contribution in [0.1, 0.15) is 23.1 Å². The van der Waals surface area contributed by atoms with Crippen LogP contribution in [0.2, 0.25) is 0 Å². The van der Waals surface area contributed by atoms with Crippen molar-refractivity contribution in [3.63, 3.8) is 0 Å². The van der Waals surface area contributed by atoms with Gasteiger partial charge < -0.3 is 4.90 Å². The quantitative estimate of drug-likeness (QED) is 0.245. The number of anilines is 1. The fraction of sp³-hybridized carbons (Fsp3) is 0.143. The number of allylic oxidation sites excluding steroid dienone is 1. The van der Waals surface area contributed by atoms with Crippen LogP contribution in [0.4, 0.5) is 11.4 Å². The van der Waals surface area contributed by atoms with Gasteiger partial charge in [0.05, 0.1) is 0 Å². The van der Waals surface area contributed by atoms with E-state index >= 15 is 0 Å². The van der Waals surface area contributed by atoms with E-state index in [0.29, 0.717) is 5.69 Å². The normalized spacial score (nSPS) is 16.7. The molecule has 5 heteroatoms. The second kappa shape index (κ2) is 8.08.